The molecule has 6 heteroatoms. The number of ether oxygens (including phenoxy) is 1. The Morgan fingerprint density at radius 2 is 1.75 bits per heavy atom. The first-order valence-electron chi connectivity index (χ1n) is 7.78. The third kappa shape index (κ3) is 4.19. The lowest BCUT2D eigenvalue weighted by Crippen LogP contribution is -2.46. The lowest BCUT2D eigenvalue weighted by atomic mass is 10.1. The Kier molecular flexibility index (Phi) is 6.46. The van der Waals surface area contributed by atoms with Gasteiger partial charge in [0.05, 0.1) is 18.4 Å². The zero-order valence-corrected chi connectivity index (χ0v) is 14.4. The van der Waals surface area contributed by atoms with Crippen molar-refractivity contribution in [2.75, 3.05) is 38.6 Å². The van der Waals surface area contributed by atoms with E-state index in [1.54, 1.807) is 7.11 Å². The molecule has 2 N–H and O–H groups in total. The summed E-state index contributed by atoms with van der Waals surface area (Å²) in [6, 6.07) is 15.3. The number of piperazine rings is 1. The van der Waals surface area contributed by atoms with E-state index < -0.39 is 0 Å². The van der Waals surface area contributed by atoms with Crippen molar-refractivity contribution < 1.29 is 9.53 Å². The molecular formula is C18H22ClN3O2. The van der Waals surface area contributed by atoms with Gasteiger partial charge < -0.3 is 20.3 Å². The maximum atomic E-state index is 12.7. The summed E-state index contributed by atoms with van der Waals surface area (Å²) in [5, 5.41) is 6.59. The molecule has 0 unspecified atom stereocenters. The fourth-order valence-corrected chi connectivity index (χ4v) is 2.65. The number of hydrogen-bond donors (Lipinski definition) is 2. The van der Waals surface area contributed by atoms with E-state index in [0.717, 1.165) is 43.3 Å². The van der Waals surface area contributed by atoms with E-state index in [9.17, 15) is 4.79 Å². The molecule has 1 saturated heterocycles. The van der Waals surface area contributed by atoms with Gasteiger partial charge in [-0.2, -0.15) is 0 Å². The lowest BCUT2D eigenvalue weighted by Gasteiger charge is -2.28. The van der Waals surface area contributed by atoms with Crippen LogP contribution in [0.25, 0.3) is 0 Å². The van der Waals surface area contributed by atoms with Crippen LogP contribution in [0.4, 0.5) is 11.4 Å². The second kappa shape index (κ2) is 8.57. The van der Waals surface area contributed by atoms with Crippen LogP contribution in [0.2, 0.25) is 0 Å². The Morgan fingerprint density at radius 3 is 2.42 bits per heavy atom. The number of methoxy groups -OCH3 is 1. The maximum absolute atomic E-state index is 12.7. The van der Waals surface area contributed by atoms with Crippen molar-refractivity contribution in [3.8, 4) is 5.75 Å². The Labute approximate surface area is 148 Å². The van der Waals surface area contributed by atoms with Crippen LogP contribution >= 0.6 is 12.4 Å². The topological polar surface area (TPSA) is 53.6 Å². The maximum Gasteiger partial charge on any atom is 0.256 e. The minimum absolute atomic E-state index is 0. The molecule has 1 amide bonds. The summed E-state index contributed by atoms with van der Waals surface area (Å²) >= 11 is 0. The highest BCUT2D eigenvalue weighted by Gasteiger charge is 2.20. The number of amides is 1. The van der Waals surface area contributed by atoms with Crippen molar-refractivity contribution in [1.29, 1.82) is 0 Å². The molecule has 1 aliphatic rings. The summed E-state index contributed by atoms with van der Waals surface area (Å²) < 4.78 is 5.17. The quantitative estimate of drug-likeness (QED) is 0.893. The van der Waals surface area contributed by atoms with E-state index in [1.165, 1.54) is 0 Å². The third-order valence-electron chi connectivity index (χ3n) is 3.93. The average Bonchev–Trinajstić information content (AvgIpc) is 2.63. The van der Waals surface area contributed by atoms with Gasteiger partial charge in [0, 0.05) is 31.9 Å². The number of carbonyl (C=O) groups excluding carboxylic acids is 1. The molecule has 1 aliphatic heterocycles. The lowest BCUT2D eigenvalue weighted by molar-refractivity contribution is 0.0737. The summed E-state index contributed by atoms with van der Waals surface area (Å²) in [4.78, 5) is 14.6. The van der Waals surface area contributed by atoms with Crippen molar-refractivity contribution in [2.24, 2.45) is 0 Å². The standard InChI is InChI=1S/C18H21N3O2.ClH/c1-23-15-8-6-14(7-9-15)20-17-5-3-2-4-16(17)18(22)21-12-10-19-11-13-21;/h2-9,19-20H,10-13H2,1H3;1H. The summed E-state index contributed by atoms with van der Waals surface area (Å²) in [5.74, 6) is 0.879. The number of nitrogens with zero attached hydrogens (tertiary/aromatic N) is 1. The summed E-state index contributed by atoms with van der Waals surface area (Å²) in [6.45, 7) is 3.19. The fraction of sp³-hybridized carbons (Fsp3) is 0.278. The first-order chi connectivity index (χ1) is 11.3. The normalized spacial score (nSPS) is 13.8. The average molecular weight is 348 g/mol. The van der Waals surface area contributed by atoms with Gasteiger partial charge in [0.1, 0.15) is 5.75 Å². The van der Waals surface area contributed by atoms with Crippen molar-refractivity contribution in [1.82, 2.24) is 10.2 Å². The molecule has 0 atom stereocenters. The molecule has 0 aromatic heterocycles. The van der Waals surface area contributed by atoms with Gasteiger partial charge in [-0.15, -0.1) is 12.4 Å². The number of carbonyl (C=O) groups is 1. The van der Waals surface area contributed by atoms with Gasteiger partial charge in [-0.1, -0.05) is 12.1 Å². The van der Waals surface area contributed by atoms with Crippen LogP contribution < -0.4 is 15.4 Å². The van der Waals surface area contributed by atoms with Crippen LogP contribution in [0, 0.1) is 0 Å². The van der Waals surface area contributed by atoms with E-state index in [1.807, 2.05) is 53.4 Å². The number of hydrogen-bond acceptors (Lipinski definition) is 4. The second-order valence-electron chi connectivity index (χ2n) is 5.44. The molecule has 24 heavy (non-hydrogen) atoms. The van der Waals surface area contributed by atoms with Gasteiger partial charge in [0.25, 0.3) is 5.91 Å². The second-order valence-corrected chi connectivity index (χ2v) is 5.44. The summed E-state index contributed by atoms with van der Waals surface area (Å²) in [5.41, 5.74) is 2.44. The van der Waals surface area contributed by atoms with Crippen LogP contribution in [0.15, 0.2) is 48.5 Å². The molecular weight excluding hydrogens is 326 g/mol. The van der Waals surface area contributed by atoms with Crippen LogP contribution in [0.1, 0.15) is 10.4 Å². The van der Waals surface area contributed by atoms with Crippen LogP contribution in [-0.4, -0.2) is 44.1 Å². The van der Waals surface area contributed by atoms with Crippen molar-refractivity contribution in [3.63, 3.8) is 0 Å². The summed E-state index contributed by atoms with van der Waals surface area (Å²) in [7, 11) is 1.64. The van der Waals surface area contributed by atoms with Crippen LogP contribution in [0.3, 0.4) is 0 Å². The Bertz CT molecular complexity index is 670. The third-order valence-corrected chi connectivity index (χ3v) is 3.93. The molecule has 3 rings (SSSR count). The first kappa shape index (κ1) is 18.1. The van der Waals surface area contributed by atoms with Crippen molar-refractivity contribution in [2.45, 2.75) is 0 Å². The Morgan fingerprint density at radius 1 is 1.08 bits per heavy atom. The smallest absolute Gasteiger partial charge is 0.256 e. The van der Waals surface area contributed by atoms with Gasteiger partial charge in [0.15, 0.2) is 0 Å². The Balaban J connectivity index is 0.00000208. The molecule has 2 aromatic carbocycles. The zero-order valence-electron chi connectivity index (χ0n) is 13.6. The molecule has 5 nitrogen and oxygen atoms in total. The van der Waals surface area contributed by atoms with Gasteiger partial charge in [-0.05, 0) is 36.4 Å². The molecule has 0 radical (unpaired) electrons. The van der Waals surface area contributed by atoms with Crippen LogP contribution in [-0.2, 0) is 0 Å². The molecule has 0 spiro atoms. The molecule has 0 aliphatic carbocycles. The van der Waals surface area contributed by atoms with Crippen molar-refractivity contribution >= 4 is 29.7 Å². The van der Waals surface area contributed by atoms with E-state index in [-0.39, 0.29) is 18.3 Å². The zero-order chi connectivity index (χ0) is 16.1. The summed E-state index contributed by atoms with van der Waals surface area (Å²) in [6.07, 6.45) is 0. The first-order valence-corrected chi connectivity index (χ1v) is 7.78. The number of benzene rings is 2. The highest BCUT2D eigenvalue weighted by Crippen LogP contribution is 2.24. The highest BCUT2D eigenvalue weighted by molar-refractivity contribution is 6.00. The molecule has 2 aromatic rings. The van der Waals surface area contributed by atoms with E-state index in [2.05, 4.69) is 10.6 Å². The number of halogens is 1. The number of nitrogens with one attached hydrogen (secondary N) is 2. The monoisotopic (exact) mass is 347 g/mol. The largest absolute Gasteiger partial charge is 0.497 e. The van der Waals surface area contributed by atoms with E-state index >= 15 is 0 Å². The molecule has 1 fully saturated rings. The van der Waals surface area contributed by atoms with Gasteiger partial charge >= 0.3 is 0 Å². The van der Waals surface area contributed by atoms with Crippen molar-refractivity contribution in [3.05, 3.63) is 54.1 Å². The minimum atomic E-state index is 0. The molecule has 0 bridgehead atoms. The Hall–Kier alpha value is -2.24. The molecule has 0 saturated carbocycles. The fourth-order valence-electron chi connectivity index (χ4n) is 2.65. The molecule has 1 heterocycles. The predicted octanol–water partition coefficient (Wildman–Crippen LogP) is 2.91. The van der Waals surface area contributed by atoms with Gasteiger partial charge in [-0.25, -0.2) is 0 Å². The highest BCUT2D eigenvalue weighted by atomic mass is 35.5. The predicted molar refractivity (Wildman–Crippen MR) is 98.7 cm³/mol. The minimum Gasteiger partial charge on any atom is -0.497 e. The van der Waals surface area contributed by atoms with Crippen LogP contribution in [0.5, 0.6) is 5.75 Å². The number of rotatable bonds is 4. The van der Waals surface area contributed by atoms with Gasteiger partial charge in [-0.3, -0.25) is 4.79 Å². The van der Waals surface area contributed by atoms with Gasteiger partial charge in [0.2, 0.25) is 0 Å². The number of para-hydroxylation sites is 1. The SMILES string of the molecule is COc1ccc(Nc2ccccc2C(=O)N2CCNCC2)cc1.Cl. The molecule has 128 valence electrons. The number of anilines is 2. The van der Waals surface area contributed by atoms with E-state index in [4.69, 9.17) is 4.74 Å². The van der Waals surface area contributed by atoms with E-state index in [0.29, 0.717) is 5.56 Å².